The third-order valence-electron chi connectivity index (χ3n) is 3.80. The summed E-state index contributed by atoms with van der Waals surface area (Å²) in [4.78, 5) is 14.4. The second kappa shape index (κ2) is 9.29. The molecule has 0 radical (unpaired) electrons. The number of carbonyl (C=O) groups is 1. The summed E-state index contributed by atoms with van der Waals surface area (Å²) in [5.41, 5.74) is 1.77. The Kier molecular flexibility index (Phi) is 7.73. The van der Waals surface area contributed by atoms with Crippen LogP contribution < -0.4 is 14.8 Å². The van der Waals surface area contributed by atoms with Gasteiger partial charge in [0.05, 0.1) is 20.4 Å². The lowest BCUT2D eigenvalue weighted by Gasteiger charge is -2.23. The number of methoxy groups -OCH3 is 2. The monoisotopic (exact) mass is 368 g/mol. The Balaban J connectivity index is 0.00000312. The van der Waals surface area contributed by atoms with Crippen LogP contribution in [0.2, 0.25) is 0 Å². The predicted octanol–water partition coefficient (Wildman–Crippen LogP) is 1.78. The van der Waals surface area contributed by atoms with Crippen LogP contribution in [0, 0.1) is 0 Å². The van der Waals surface area contributed by atoms with Crippen molar-refractivity contribution in [1.82, 2.24) is 20.0 Å². The first-order chi connectivity index (χ1) is 11.5. The number of hydrogen-bond donors (Lipinski definition) is 1. The van der Waals surface area contributed by atoms with Gasteiger partial charge < -0.3 is 19.7 Å². The molecule has 1 heterocycles. The molecule has 0 saturated carbocycles. The molecule has 1 aromatic carbocycles. The van der Waals surface area contributed by atoms with E-state index in [1.54, 1.807) is 50.2 Å². The zero-order chi connectivity index (χ0) is 17.7. The van der Waals surface area contributed by atoms with E-state index in [9.17, 15) is 4.79 Å². The van der Waals surface area contributed by atoms with Crippen molar-refractivity contribution in [3.63, 3.8) is 0 Å². The van der Waals surface area contributed by atoms with Crippen LogP contribution >= 0.6 is 12.4 Å². The third kappa shape index (κ3) is 5.11. The highest BCUT2D eigenvalue weighted by molar-refractivity contribution is 5.85. The average molecular weight is 369 g/mol. The highest BCUT2D eigenvalue weighted by Crippen LogP contribution is 2.24. The molecule has 1 atom stereocenters. The molecule has 0 aliphatic carbocycles. The zero-order valence-electron chi connectivity index (χ0n) is 15.1. The second-order valence-electron chi connectivity index (χ2n) is 5.58. The van der Waals surface area contributed by atoms with E-state index in [-0.39, 0.29) is 18.3 Å². The summed E-state index contributed by atoms with van der Waals surface area (Å²) >= 11 is 0. The number of likely N-dealkylation sites (N-methyl/N-ethyl adjacent to an activating group) is 2. The summed E-state index contributed by atoms with van der Waals surface area (Å²) in [6, 6.07) is 5.16. The summed E-state index contributed by atoms with van der Waals surface area (Å²) < 4.78 is 12.2. The van der Waals surface area contributed by atoms with Gasteiger partial charge >= 0.3 is 0 Å². The molecule has 0 saturated heterocycles. The van der Waals surface area contributed by atoms with Gasteiger partial charge in [0.15, 0.2) is 0 Å². The topological polar surface area (TPSA) is 68.6 Å². The first kappa shape index (κ1) is 20.8. The molecule has 0 aliphatic heterocycles. The normalized spacial score (nSPS) is 11.4. The van der Waals surface area contributed by atoms with E-state index < -0.39 is 6.04 Å². The van der Waals surface area contributed by atoms with Crippen molar-refractivity contribution in [2.45, 2.75) is 12.6 Å². The lowest BCUT2D eigenvalue weighted by Crippen LogP contribution is -2.37. The van der Waals surface area contributed by atoms with Crippen LogP contribution in [-0.2, 0) is 18.4 Å². The number of amides is 1. The Morgan fingerprint density at radius 1 is 1.28 bits per heavy atom. The quantitative estimate of drug-likeness (QED) is 0.806. The molecule has 0 aliphatic rings. The molecule has 7 nitrogen and oxygen atoms in total. The smallest absolute Gasteiger partial charge is 0.244 e. The molecule has 25 heavy (non-hydrogen) atoms. The van der Waals surface area contributed by atoms with Crippen molar-refractivity contribution in [3.05, 3.63) is 41.7 Å². The van der Waals surface area contributed by atoms with Gasteiger partial charge in [-0.1, -0.05) is 0 Å². The maximum Gasteiger partial charge on any atom is 0.244 e. The molecule has 0 spiro atoms. The molecule has 8 heteroatoms. The standard InChI is InChI=1S/C17H24N4O3.ClH/c1-18-16(13-9-19-21(3)11-13)17(22)20(2)10-12-6-14(23-4)8-15(7-12)24-5;/h6-9,11,16,18H,10H2,1-5H3;1H. The minimum absolute atomic E-state index is 0. The molecule has 1 amide bonds. The van der Waals surface area contributed by atoms with E-state index in [1.165, 1.54) is 0 Å². The summed E-state index contributed by atoms with van der Waals surface area (Å²) in [7, 11) is 8.57. The van der Waals surface area contributed by atoms with Crippen molar-refractivity contribution in [3.8, 4) is 11.5 Å². The van der Waals surface area contributed by atoms with Crippen molar-refractivity contribution in [1.29, 1.82) is 0 Å². The molecule has 1 unspecified atom stereocenters. The number of carbonyl (C=O) groups excluding carboxylic acids is 1. The summed E-state index contributed by atoms with van der Waals surface area (Å²) in [5, 5.41) is 7.18. The minimum atomic E-state index is -0.434. The number of halogens is 1. The van der Waals surface area contributed by atoms with Crippen LogP contribution in [-0.4, -0.2) is 48.9 Å². The number of nitrogens with one attached hydrogen (secondary N) is 1. The molecule has 0 bridgehead atoms. The number of hydrogen-bond acceptors (Lipinski definition) is 5. The molecule has 1 N–H and O–H groups in total. The Labute approximate surface area is 154 Å². The Morgan fingerprint density at radius 3 is 2.32 bits per heavy atom. The van der Waals surface area contributed by atoms with Gasteiger partial charge in [0.2, 0.25) is 5.91 Å². The third-order valence-corrected chi connectivity index (χ3v) is 3.80. The van der Waals surface area contributed by atoms with Gasteiger partial charge in [0.1, 0.15) is 17.5 Å². The predicted molar refractivity (Wildman–Crippen MR) is 98.3 cm³/mol. The Bertz CT molecular complexity index is 683. The highest BCUT2D eigenvalue weighted by atomic mass is 35.5. The fourth-order valence-corrected chi connectivity index (χ4v) is 2.55. The molecular weight excluding hydrogens is 344 g/mol. The van der Waals surface area contributed by atoms with E-state index >= 15 is 0 Å². The van der Waals surface area contributed by atoms with Crippen LogP contribution in [0.1, 0.15) is 17.2 Å². The minimum Gasteiger partial charge on any atom is -0.497 e. The van der Waals surface area contributed by atoms with Gasteiger partial charge in [-0.2, -0.15) is 5.10 Å². The lowest BCUT2D eigenvalue weighted by molar-refractivity contribution is -0.132. The largest absolute Gasteiger partial charge is 0.497 e. The zero-order valence-corrected chi connectivity index (χ0v) is 16.0. The van der Waals surface area contributed by atoms with E-state index in [4.69, 9.17) is 9.47 Å². The summed E-state index contributed by atoms with van der Waals surface area (Å²) in [5.74, 6) is 1.36. The number of aromatic nitrogens is 2. The van der Waals surface area contributed by atoms with Gasteiger partial charge in [0.25, 0.3) is 0 Å². The first-order valence-electron chi connectivity index (χ1n) is 7.61. The van der Waals surface area contributed by atoms with Gasteiger partial charge in [-0.25, -0.2) is 0 Å². The first-order valence-corrected chi connectivity index (χ1v) is 7.61. The van der Waals surface area contributed by atoms with Crippen molar-refractivity contribution in [2.75, 3.05) is 28.3 Å². The van der Waals surface area contributed by atoms with Gasteiger partial charge in [-0.3, -0.25) is 9.48 Å². The average Bonchev–Trinajstić information content (AvgIpc) is 3.01. The Hall–Kier alpha value is -2.25. The van der Waals surface area contributed by atoms with Crippen molar-refractivity contribution >= 4 is 18.3 Å². The van der Waals surface area contributed by atoms with E-state index in [0.29, 0.717) is 18.0 Å². The van der Waals surface area contributed by atoms with Gasteiger partial charge in [-0.05, 0) is 24.7 Å². The fourth-order valence-electron chi connectivity index (χ4n) is 2.55. The SMILES string of the molecule is CNC(C(=O)N(C)Cc1cc(OC)cc(OC)c1)c1cnn(C)c1.Cl. The lowest BCUT2D eigenvalue weighted by atomic mass is 10.1. The van der Waals surface area contributed by atoms with Crippen LogP contribution in [0.4, 0.5) is 0 Å². The molecule has 1 aromatic heterocycles. The maximum atomic E-state index is 12.8. The van der Waals surface area contributed by atoms with Crippen molar-refractivity contribution in [2.24, 2.45) is 7.05 Å². The number of nitrogens with zero attached hydrogens (tertiary/aromatic N) is 3. The molecular formula is C17H25ClN4O3. The summed E-state index contributed by atoms with van der Waals surface area (Å²) in [6.45, 7) is 0.449. The number of rotatable bonds is 7. The number of ether oxygens (including phenoxy) is 2. The fraction of sp³-hybridized carbons (Fsp3) is 0.412. The van der Waals surface area contributed by atoms with E-state index in [1.807, 2.05) is 25.4 Å². The van der Waals surface area contributed by atoms with Crippen LogP contribution in [0.15, 0.2) is 30.6 Å². The second-order valence-corrected chi connectivity index (χ2v) is 5.58. The maximum absolute atomic E-state index is 12.8. The van der Waals surface area contributed by atoms with Crippen LogP contribution in [0.3, 0.4) is 0 Å². The van der Waals surface area contributed by atoms with Crippen LogP contribution in [0.25, 0.3) is 0 Å². The Morgan fingerprint density at radius 2 is 1.88 bits per heavy atom. The van der Waals surface area contributed by atoms with E-state index in [0.717, 1.165) is 11.1 Å². The van der Waals surface area contributed by atoms with Crippen molar-refractivity contribution < 1.29 is 14.3 Å². The highest BCUT2D eigenvalue weighted by Gasteiger charge is 2.23. The van der Waals surface area contributed by atoms with E-state index in [2.05, 4.69) is 10.4 Å². The molecule has 2 rings (SSSR count). The molecule has 138 valence electrons. The molecule has 2 aromatic rings. The van der Waals surface area contributed by atoms with Gasteiger partial charge in [-0.15, -0.1) is 12.4 Å². The van der Waals surface area contributed by atoms with Gasteiger partial charge in [0, 0.05) is 38.5 Å². The number of benzene rings is 1. The van der Waals surface area contributed by atoms with Crippen LogP contribution in [0.5, 0.6) is 11.5 Å². The number of aryl methyl sites for hydroxylation is 1. The molecule has 0 fully saturated rings. The summed E-state index contributed by atoms with van der Waals surface area (Å²) in [6.07, 6.45) is 3.53.